The number of hydrogen-bond acceptors (Lipinski definition) is 7. The van der Waals surface area contributed by atoms with E-state index in [9.17, 15) is 15.3 Å². The Morgan fingerprint density at radius 1 is 1.03 bits per heavy atom. The second kappa shape index (κ2) is 13.0. The maximum atomic E-state index is 11.6. The van der Waals surface area contributed by atoms with Gasteiger partial charge >= 0.3 is 6.03 Å². The van der Waals surface area contributed by atoms with Gasteiger partial charge in [-0.05, 0) is 50.0 Å². The van der Waals surface area contributed by atoms with Gasteiger partial charge in [-0.25, -0.2) is 9.78 Å². The molecule has 3 rings (SSSR count). The number of thioether (sulfide) groups is 1. The number of pyridine rings is 1. The Balaban J connectivity index is 1.80. The second-order valence-electron chi connectivity index (χ2n) is 8.51. The molecule has 0 aliphatic carbocycles. The molecule has 1 aliphatic heterocycles. The smallest absolute Gasteiger partial charge is 0.315 e. The summed E-state index contributed by atoms with van der Waals surface area (Å²) >= 11 is 1.53. The van der Waals surface area contributed by atoms with Crippen LogP contribution in [0.3, 0.4) is 0 Å². The third-order valence-electron chi connectivity index (χ3n) is 6.03. The van der Waals surface area contributed by atoms with Crippen LogP contribution in [0, 0.1) is 22.7 Å². The normalized spacial score (nSPS) is 14.0. The van der Waals surface area contributed by atoms with Crippen molar-refractivity contribution in [3.8, 4) is 12.1 Å². The molecule has 2 heterocycles. The first-order chi connectivity index (χ1) is 17.0. The maximum absolute atomic E-state index is 11.6. The molecule has 0 bridgehead atoms. The van der Waals surface area contributed by atoms with E-state index in [0.29, 0.717) is 47.2 Å². The number of benzene rings is 1. The molecule has 9 heteroatoms. The Morgan fingerprint density at radius 2 is 1.74 bits per heavy atom. The number of nitrogens with one attached hydrogen (secondary N) is 2. The average Bonchev–Trinajstić information content (AvgIpc) is 3.10. The van der Waals surface area contributed by atoms with Gasteiger partial charge in [-0.1, -0.05) is 31.2 Å². The van der Waals surface area contributed by atoms with Gasteiger partial charge in [-0.3, -0.25) is 0 Å². The van der Waals surface area contributed by atoms with E-state index >= 15 is 0 Å². The number of rotatable bonds is 8. The van der Waals surface area contributed by atoms with Crippen LogP contribution >= 0.6 is 11.8 Å². The van der Waals surface area contributed by atoms with Crippen LogP contribution in [0.15, 0.2) is 29.3 Å². The van der Waals surface area contributed by atoms with Crippen molar-refractivity contribution in [3.63, 3.8) is 0 Å². The highest BCUT2D eigenvalue weighted by atomic mass is 32.2. The zero-order valence-corrected chi connectivity index (χ0v) is 21.5. The van der Waals surface area contributed by atoms with Gasteiger partial charge in [0.1, 0.15) is 23.0 Å². The van der Waals surface area contributed by atoms with Gasteiger partial charge in [-0.2, -0.15) is 10.5 Å². The molecule has 2 amide bonds. The summed E-state index contributed by atoms with van der Waals surface area (Å²) in [7, 11) is 2.11. The van der Waals surface area contributed by atoms with E-state index in [0.717, 1.165) is 49.3 Å². The number of likely N-dealkylation sites (N-methyl/N-ethyl adjacent to an activating group) is 1. The molecule has 184 valence electrons. The number of nitrogens with zero attached hydrogens (tertiary/aromatic N) is 5. The average molecular weight is 492 g/mol. The molecule has 0 unspecified atom stereocenters. The lowest BCUT2D eigenvalue weighted by atomic mass is 10.0. The molecule has 0 atom stereocenters. The maximum Gasteiger partial charge on any atom is 0.315 e. The largest absolute Gasteiger partial charge is 0.354 e. The highest BCUT2D eigenvalue weighted by molar-refractivity contribution is 7.98. The third kappa shape index (κ3) is 6.88. The van der Waals surface area contributed by atoms with Crippen molar-refractivity contribution < 1.29 is 4.79 Å². The van der Waals surface area contributed by atoms with Crippen LogP contribution in [-0.2, 0) is 18.7 Å². The summed E-state index contributed by atoms with van der Waals surface area (Å²) in [5, 5.41) is 26.1. The molecule has 0 spiro atoms. The first kappa shape index (κ1) is 26.3. The van der Waals surface area contributed by atoms with Crippen molar-refractivity contribution in [1.29, 1.82) is 10.5 Å². The fraction of sp³-hybridized carbons (Fsp3) is 0.462. The van der Waals surface area contributed by atoms with Crippen molar-refractivity contribution in [2.24, 2.45) is 0 Å². The van der Waals surface area contributed by atoms with Gasteiger partial charge in [0.25, 0.3) is 0 Å². The molecule has 0 radical (unpaired) electrons. The minimum absolute atomic E-state index is 0.179. The van der Waals surface area contributed by atoms with Crippen LogP contribution in [-0.4, -0.2) is 55.7 Å². The molecular formula is C26H33N7OS. The minimum Gasteiger partial charge on any atom is -0.354 e. The van der Waals surface area contributed by atoms with Gasteiger partial charge in [0.2, 0.25) is 0 Å². The summed E-state index contributed by atoms with van der Waals surface area (Å²) in [4.78, 5) is 21.0. The highest BCUT2D eigenvalue weighted by Crippen LogP contribution is 2.33. The molecule has 0 saturated carbocycles. The van der Waals surface area contributed by atoms with Crippen LogP contribution in [0.5, 0.6) is 0 Å². The monoisotopic (exact) mass is 491 g/mol. The van der Waals surface area contributed by atoms with E-state index < -0.39 is 0 Å². The Morgan fingerprint density at radius 3 is 2.40 bits per heavy atom. The summed E-state index contributed by atoms with van der Waals surface area (Å²) in [6, 6.07) is 12.5. The number of anilines is 1. The van der Waals surface area contributed by atoms with Crippen molar-refractivity contribution in [2.45, 2.75) is 44.0 Å². The lowest BCUT2D eigenvalue weighted by Gasteiger charge is -2.25. The Bertz CT molecular complexity index is 1100. The molecular weight excluding hydrogens is 458 g/mol. The predicted octanol–water partition coefficient (Wildman–Crippen LogP) is 3.64. The number of aromatic nitrogens is 1. The van der Waals surface area contributed by atoms with E-state index in [1.165, 1.54) is 11.8 Å². The topological polar surface area (TPSA) is 108 Å². The zero-order chi connectivity index (χ0) is 25.2. The number of amides is 2. The molecule has 8 nitrogen and oxygen atoms in total. The zero-order valence-electron chi connectivity index (χ0n) is 20.7. The number of nitriles is 2. The molecule has 1 aliphatic rings. The van der Waals surface area contributed by atoms with Crippen LogP contribution in [0.25, 0.3) is 0 Å². The van der Waals surface area contributed by atoms with Gasteiger partial charge < -0.3 is 20.4 Å². The number of carbonyl (C=O) groups is 1. The van der Waals surface area contributed by atoms with Crippen molar-refractivity contribution in [1.82, 2.24) is 20.5 Å². The standard InChI is InChI=1S/C26H33N7OS/c1-4-21-22(15-27)24(33-12-6-11-32(3)13-14-33)31-25(23(21)16-28)35-18-20-9-7-19(8-10-20)17-30-26(34)29-5-2/h7-10H,4-6,11-14,17-18H2,1-3H3,(H2,29,30,34). The van der Waals surface area contributed by atoms with Crippen molar-refractivity contribution >= 4 is 23.6 Å². The SMILES string of the molecule is CCNC(=O)NCc1ccc(CSc2nc(N3CCCN(C)CC3)c(C#N)c(CC)c2C#N)cc1. The highest BCUT2D eigenvalue weighted by Gasteiger charge is 2.24. The van der Waals surface area contributed by atoms with Crippen molar-refractivity contribution in [3.05, 3.63) is 52.1 Å². The van der Waals surface area contributed by atoms with E-state index in [2.05, 4.69) is 39.6 Å². The van der Waals surface area contributed by atoms with Gasteiger partial charge in [-0.15, -0.1) is 11.8 Å². The molecule has 1 aromatic heterocycles. The first-order valence-electron chi connectivity index (χ1n) is 12.0. The summed E-state index contributed by atoms with van der Waals surface area (Å²) in [5.74, 6) is 1.36. The number of hydrogen-bond donors (Lipinski definition) is 2. The molecule has 1 fully saturated rings. The molecule has 1 aromatic carbocycles. The third-order valence-corrected chi connectivity index (χ3v) is 7.08. The summed E-state index contributed by atoms with van der Waals surface area (Å²) in [6.07, 6.45) is 1.62. The van der Waals surface area contributed by atoms with Crippen LogP contribution in [0.1, 0.15) is 48.1 Å². The molecule has 1 saturated heterocycles. The summed E-state index contributed by atoms with van der Waals surface area (Å²) in [6.45, 7) is 8.50. The van der Waals surface area contributed by atoms with Crippen LogP contribution in [0.4, 0.5) is 10.6 Å². The Labute approximate surface area is 212 Å². The fourth-order valence-corrected chi connectivity index (χ4v) is 5.05. The Hall–Kier alpha value is -3.27. The van der Waals surface area contributed by atoms with Crippen LogP contribution < -0.4 is 15.5 Å². The predicted molar refractivity (Wildman–Crippen MR) is 139 cm³/mol. The fourth-order valence-electron chi connectivity index (χ4n) is 4.09. The Kier molecular flexibility index (Phi) is 9.77. The van der Waals surface area contributed by atoms with Gasteiger partial charge in [0, 0.05) is 38.5 Å². The molecule has 35 heavy (non-hydrogen) atoms. The van der Waals surface area contributed by atoms with E-state index in [4.69, 9.17) is 4.98 Å². The van der Waals surface area contributed by atoms with Crippen LogP contribution in [0.2, 0.25) is 0 Å². The minimum atomic E-state index is -0.179. The number of carbonyl (C=O) groups excluding carboxylic acids is 1. The first-order valence-corrected chi connectivity index (χ1v) is 13.0. The van der Waals surface area contributed by atoms with E-state index in [1.807, 2.05) is 38.1 Å². The van der Waals surface area contributed by atoms with Crippen molar-refractivity contribution in [2.75, 3.05) is 44.7 Å². The van der Waals surface area contributed by atoms with E-state index in [1.54, 1.807) is 0 Å². The lowest BCUT2D eigenvalue weighted by molar-refractivity contribution is 0.241. The quantitative estimate of drug-likeness (QED) is 0.543. The van der Waals surface area contributed by atoms with E-state index in [-0.39, 0.29) is 6.03 Å². The molecule has 2 N–H and O–H groups in total. The van der Waals surface area contributed by atoms with Gasteiger partial charge in [0.15, 0.2) is 0 Å². The van der Waals surface area contributed by atoms with Gasteiger partial charge in [0.05, 0.1) is 11.1 Å². The summed E-state index contributed by atoms with van der Waals surface area (Å²) in [5.41, 5.74) is 3.94. The summed E-state index contributed by atoms with van der Waals surface area (Å²) < 4.78 is 0. The number of urea groups is 1. The molecule has 2 aromatic rings. The second-order valence-corrected chi connectivity index (χ2v) is 9.47. The lowest BCUT2D eigenvalue weighted by Crippen LogP contribution is -2.34.